The highest BCUT2D eigenvalue weighted by Gasteiger charge is 2.04. The van der Waals surface area contributed by atoms with E-state index in [4.69, 9.17) is 24.9 Å². The number of aliphatic hydroxyl groups excluding tert-OH is 1. The van der Waals surface area contributed by atoms with Crippen LogP contribution in [-0.4, -0.2) is 33.9 Å². The third-order valence-corrected chi connectivity index (χ3v) is 0.183. The minimum Gasteiger partial charge on any atom is -0.473 e. The molecule has 11 heavy (non-hydrogen) atoms. The summed E-state index contributed by atoms with van der Waals surface area (Å²) in [7, 11) is 0. The summed E-state index contributed by atoms with van der Waals surface area (Å²) in [6, 6.07) is 0. The van der Waals surface area contributed by atoms with Crippen LogP contribution in [0.4, 0.5) is 0 Å². The van der Waals surface area contributed by atoms with Crippen LogP contribution < -0.4 is 12.3 Å². The van der Waals surface area contributed by atoms with E-state index < -0.39 is 11.9 Å². The van der Waals surface area contributed by atoms with E-state index in [9.17, 15) is 0 Å². The number of aliphatic hydroxyl groups is 1. The van der Waals surface area contributed by atoms with Gasteiger partial charge >= 0.3 is 11.9 Å². The quantitative estimate of drug-likeness (QED) is 0.305. The van der Waals surface area contributed by atoms with Gasteiger partial charge in [-0.25, -0.2) is 9.59 Å². The van der Waals surface area contributed by atoms with Crippen molar-refractivity contribution in [1.29, 1.82) is 0 Å². The molecule has 0 amide bonds. The zero-order valence-corrected chi connectivity index (χ0v) is 6.28. The van der Waals surface area contributed by atoms with Gasteiger partial charge in [-0.05, 0) is 6.92 Å². The Kier molecular flexibility index (Phi) is 32.6. The van der Waals surface area contributed by atoms with Crippen LogP contribution in [0.1, 0.15) is 6.92 Å². The molecule has 0 rings (SSSR count). The van der Waals surface area contributed by atoms with Gasteiger partial charge in [0.15, 0.2) is 0 Å². The summed E-state index contributed by atoms with van der Waals surface area (Å²) in [4.78, 5) is 18.2. The van der Waals surface area contributed by atoms with Crippen molar-refractivity contribution in [3.05, 3.63) is 0 Å². The molecule has 9 N–H and O–H groups in total. The van der Waals surface area contributed by atoms with E-state index in [2.05, 4.69) is 0 Å². The molecule has 70 valence electrons. The predicted octanol–water partition coefficient (Wildman–Crippen LogP) is -0.522. The fourth-order valence-corrected chi connectivity index (χ4v) is 0. The van der Waals surface area contributed by atoms with Crippen molar-refractivity contribution in [2.45, 2.75) is 6.92 Å². The second-order valence-electron chi connectivity index (χ2n) is 0.927. The average Bonchev–Trinajstić information content (AvgIpc) is 1.68. The molecule has 7 nitrogen and oxygen atoms in total. The Morgan fingerprint density at radius 3 is 1.18 bits per heavy atom. The summed E-state index contributed by atoms with van der Waals surface area (Å²) in [5.41, 5.74) is 0. The number of carbonyl (C=O) groups is 2. The Balaban J connectivity index is -0.0000000437. The highest BCUT2D eigenvalue weighted by molar-refractivity contribution is 6.27. The lowest BCUT2D eigenvalue weighted by atomic mass is 10.7. The van der Waals surface area contributed by atoms with Gasteiger partial charge in [0, 0.05) is 6.61 Å². The van der Waals surface area contributed by atoms with Crippen molar-refractivity contribution in [2.24, 2.45) is 0 Å². The van der Waals surface area contributed by atoms with E-state index in [1.165, 1.54) is 0 Å². The average molecular weight is 170 g/mol. The molecule has 0 aromatic heterocycles. The molecule has 0 radical (unpaired) electrons. The fraction of sp³-hybridized carbons (Fsp3) is 0.500. The minimum absolute atomic E-state index is 0. The van der Waals surface area contributed by atoms with Crippen molar-refractivity contribution < 1.29 is 24.9 Å². The van der Waals surface area contributed by atoms with Crippen LogP contribution in [0.15, 0.2) is 0 Å². The van der Waals surface area contributed by atoms with Crippen molar-refractivity contribution in [3.8, 4) is 0 Å². The highest BCUT2D eigenvalue weighted by Crippen LogP contribution is 1.56. The Hall–Kier alpha value is -1.18. The third-order valence-electron chi connectivity index (χ3n) is 0.183. The first-order valence-corrected chi connectivity index (χ1v) is 2.13. The van der Waals surface area contributed by atoms with Crippen LogP contribution in [0.5, 0.6) is 0 Å². The summed E-state index contributed by atoms with van der Waals surface area (Å²) < 4.78 is 0. The molecule has 0 bridgehead atoms. The van der Waals surface area contributed by atoms with Crippen molar-refractivity contribution in [3.63, 3.8) is 0 Å². The van der Waals surface area contributed by atoms with E-state index in [0.717, 1.165) is 0 Å². The van der Waals surface area contributed by atoms with E-state index >= 15 is 0 Å². The van der Waals surface area contributed by atoms with Gasteiger partial charge in [0.2, 0.25) is 0 Å². The summed E-state index contributed by atoms with van der Waals surface area (Å²) in [6.45, 7) is 1.93. The molecule has 0 aliphatic heterocycles. The van der Waals surface area contributed by atoms with Crippen LogP contribution in [0.25, 0.3) is 0 Å². The third kappa shape index (κ3) is 51.6. The van der Waals surface area contributed by atoms with Gasteiger partial charge in [-0.15, -0.1) is 0 Å². The van der Waals surface area contributed by atoms with Crippen molar-refractivity contribution in [1.82, 2.24) is 12.3 Å². The Labute approximate surface area is 63.8 Å². The van der Waals surface area contributed by atoms with Gasteiger partial charge in [0.1, 0.15) is 0 Å². The second kappa shape index (κ2) is 15.9. The lowest BCUT2D eigenvalue weighted by Gasteiger charge is -1.72. The molecule has 0 saturated carbocycles. The van der Waals surface area contributed by atoms with E-state index in [0.29, 0.717) is 0 Å². The van der Waals surface area contributed by atoms with E-state index in [-0.39, 0.29) is 18.9 Å². The highest BCUT2D eigenvalue weighted by atomic mass is 16.4. The molecule has 7 heteroatoms. The SMILES string of the molecule is CCO.N.N.O=C(O)C(=O)O. The van der Waals surface area contributed by atoms with E-state index in [1.807, 2.05) is 0 Å². The monoisotopic (exact) mass is 170 g/mol. The summed E-state index contributed by atoms with van der Waals surface area (Å²) >= 11 is 0. The molecule has 0 spiro atoms. The maximum atomic E-state index is 9.10. The molecule has 0 aliphatic carbocycles. The first kappa shape index (κ1) is 22.6. The number of carboxylic acids is 2. The van der Waals surface area contributed by atoms with Crippen molar-refractivity contribution in [2.75, 3.05) is 6.61 Å². The molecule has 0 saturated heterocycles. The van der Waals surface area contributed by atoms with Crippen LogP contribution in [0, 0.1) is 0 Å². The minimum atomic E-state index is -1.82. The normalized spacial score (nSPS) is 5.64. The van der Waals surface area contributed by atoms with Crippen LogP contribution in [0.3, 0.4) is 0 Å². The number of aliphatic carboxylic acids is 2. The zero-order valence-electron chi connectivity index (χ0n) is 6.28. The van der Waals surface area contributed by atoms with Crippen molar-refractivity contribution >= 4 is 11.9 Å². The largest absolute Gasteiger partial charge is 0.473 e. The molecule has 0 aliphatic rings. The standard InChI is InChI=1S/C2H2O4.C2H6O.2H3N/c3-1(4)2(5)6;1-2-3;;/h(H,3,4)(H,5,6);3H,2H2,1H3;2*1H3. The lowest BCUT2D eigenvalue weighted by Crippen LogP contribution is -2.09. The summed E-state index contributed by atoms with van der Waals surface area (Å²) in [5.74, 6) is -3.65. The molecular formula is C4H14N2O5. The van der Waals surface area contributed by atoms with Crippen LogP contribution in [-0.2, 0) is 9.59 Å². The summed E-state index contributed by atoms with van der Waals surface area (Å²) in [5, 5.41) is 22.4. The van der Waals surface area contributed by atoms with Gasteiger partial charge in [-0.2, -0.15) is 0 Å². The lowest BCUT2D eigenvalue weighted by molar-refractivity contribution is -0.159. The Morgan fingerprint density at radius 2 is 1.18 bits per heavy atom. The van der Waals surface area contributed by atoms with Gasteiger partial charge in [-0.3, -0.25) is 0 Å². The van der Waals surface area contributed by atoms with Gasteiger partial charge < -0.3 is 27.6 Å². The topological polar surface area (TPSA) is 165 Å². The molecule has 0 fully saturated rings. The van der Waals surface area contributed by atoms with Gasteiger partial charge in [-0.1, -0.05) is 0 Å². The number of carboxylic acid groups (broad SMARTS) is 2. The molecule has 0 heterocycles. The second-order valence-corrected chi connectivity index (χ2v) is 0.927. The first-order valence-electron chi connectivity index (χ1n) is 2.13. The Bertz CT molecular complexity index is 92.7. The predicted molar refractivity (Wildman–Crippen MR) is 38.1 cm³/mol. The maximum Gasteiger partial charge on any atom is 0.414 e. The zero-order chi connectivity index (χ0) is 7.86. The molecule has 0 unspecified atom stereocenters. The summed E-state index contributed by atoms with van der Waals surface area (Å²) in [6.07, 6.45) is 0. The maximum absolute atomic E-state index is 9.10. The number of hydrogen-bond acceptors (Lipinski definition) is 5. The Morgan fingerprint density at radius 1 is 1.09 bits per heavy atom. The van der Waals surface area contributed by atoms with Crippen LogP contribution >= 0.6 is 0 Å². The van der Waals surface area contributed by atoms with Gasteiger partial charge in [0.05, 0.1) is 0 Å². The molecule has 0 aromatic rings. The molecule has 0 atom stereocenters. The number of hydrogen-bond donors (Lipinski definition) is 5. The van der Waals surface area contributed by atoms with E-state index in [1.54, 1.807) is 6.92 Å². The van der Waals surface area contributed by atoms with Gasteiger partial charge in [0.25, 0.3) is 0 Å². The van der Waals surface area contributed by atoms with Crippen LogP contribution in [0.2, 0.25) is 0 Å². The molecule has 0 aromatic carbocycles. The molecular weight excluding hydrogens is 156 g/mol. The number of rotatable bonds is 0. The smallest absolute Gasteiger partial charge is 0.414 e. The fourth-order valence-electron chi connectivity index (χ4n) is 0. The first-order chi connectivity index (χ1) is 4.06.